The predicted molar refractivity (Wildman–Crippen MR) is 80.7 cm³/mol. The Labute approximate surface area is 121 Å². The Kier molecular flexibility index (Phi) is 3.88. The van der Waals surface area contributed by atoms with Crippen molar-refractivity contribution in [3.8, 4) is 11.5 Å². The van der Waals surface area contributed by atoms with Crippen molar-refractivity contribution in [2.45, 2.75) is 51.2 Å². The Hall–Kier alpha value is -1.22. The minimum atomic E-state index is 0.205. The molecule has 1 aromatic carbocycles. The van der Waals surface area contributed by atoms with Gasteiger partial charge in [-0.3, -0.25) is 0 Å². The summed E-state index contributed by atoms with van der Waals surface area (Å²) in [6, 6.07) is 6.88. The lowest BCUT2D eigenvalue weighted by atomic mass is 9.92. The van der Waals surface area contributed by atoms with E-state index in [1.54, 1.807) is 0 Å². The first kappa shape index (κ1) is 13.7. The molecule has 0 aliphatic carbocycles. The zero-order valence-electron chi connectivity index (χ0n) is 12.8. The maximum Gasteiger partial charge on any atom is 0.126 e. The maximum atomic E-state index is 5.99. The van der Waals surface area contributed by atoms with Crippen molar-refractivity contribution >= 4 is 0 Å². The topological polar surface area (TPSA) is 21.7 Å². The number of hydrogen-bond donors (Lipinski definition) is 0. The molecule has 20 heavy (non-hydrogen) atoms. The standard InChI is InChI=1S/C17H25NO2/c1-12(2)20-16-8-4-7-15-17(16)13(11-19-15)10-14-6-5-9-18(14)3/h4,7-8,12-14H,5-6,9-11H2,1-3H3/t13-,14-/m1/s1. The fourth-order valence-electron chi connectivity index (χ4n) is 3.47. The molecule has 0 aromatic heterocycles. The average Bonchev–Trinajstić information content (AvgIpc) is 2.98. The molecule has 0 spiro atoms. The molecule has 2 atom stereocenters. The second-order valence-corrected chi connectivity index (χ2v) is 6.35. The fraction of sp³-hybridized carbons (Fsp3) is 0.647. The van der Waals surface area contributed by atoms with Gasteiger partial charge in [0.1, 0.15) is 11.5 Å². The van der Waals surface area contributed by atoms with Gasteiger partial charge in [-0.05, 0) is 58.8 Å². The normalized spacial score (nSPS) is 25.8. The van der Waals surface area contributed by atoms with E-state index in [1.807, 2.05) is 6.07 Å². The van der Waals surface area contributed by atoms with Crippen LogP contribution in [0, 0.1) is 0 Å². The third-order valence-corrected chi connectivity index (χ3v) is 4.47. The summed E-state index contributed by atoms with van der Waals surface area (Å²) in [5, 5.41) is 0. The van der Waals surface area contributed by atoms with E-state index in [4.69, 9.17) is 9.47 Å². The van der Waals surface area contributed by atoms with Gasteiger partial charge in [-0.1, -0.05) is 6.07 Å². The van der Waals surface area contributed by atoms with Gasteiger partial charge < -0.3 is 14.4 Å². The molecule has 3 rings (SSSR count). The van der Waals surface area contributed by atoms with Crippen molar-refractivity contribution in [1.82, 2.24) is 4.90 Å². The van der Waals surface area contributed by atoms with Gasteiger partial charge in [0.15, 0.2) is 0 Å². The Balaban J connectivity index is 1.80. The molecule has 0 N–H and O–H groups in total. The van der Waals surface area contributed by atoms with Crippen LogP contribution in [0.15, 0.2) is 18.2 Å². The van der Waals surface area contributed by atoms with Crippen LogP contribution in [0.1, 0.15) is 44.6 Å². The molecule has 110 valence electrons. The third-order valence-electron chi connectivity index (χ3n) is 4.47. The molecule has 0 unspecified atom stereocenters. The first-order valence-corrected chi connectivity index (χ1v) is 7.77. The number of hydrogen-bond acceptors (Lipinski definition) is 3. The van der Waals surface area contributed by atoms with Crippen LogP contribution >= 0.6 is 0 Å². The molecule has 1 aromatic rings. The predicted octanol–water partition coefficient (Wildman–Crippen LogP) is 3.43. The largest absolute Gasteiger partial charge is 0.493 e. The molecule has 3 nitrogen and oxygen atoms in total. The number of likely N-dealkylation sites (tertiary alicyclic amines) is 1. The highest BCUT2D eigenvalue weighted by Gasteiger charge is 2.32. The van der Waals surface area contributed by atoms with Crippen LogP contribution in [-0.2, 0) is 0 Å². The highest BCUT2D eigenvalue weighted by Crippen LogP contribution is 2.44. The molecule has 1 fully saturated rings. The van der Waals surface area contributed by atoms with Crippen LogP contribution in [0.4, 0.5) is 0 Å². The molecule has 1 saturated heterocycles. The monoisotopic (exact) mass is 275 g/mol. The summed E-state index contributed by atoms with van der Waals surface area (Å²) in [7, 11) is 2.24. The number of nitrogens with zero attached hydrogens (tertiary/aromatic N) is 1. The summed E-state index contributed by atoms with van der Waals surface area (Å²) in [6.07, 6.45) is 4.03. The molecular weight excluding hydrogens is 250 g/mol. The van der Waals surface area contributed by atoms with Gasteiger partial charge in [0.25, 0.3) is 0 Å². The molecule has 0 bridgehead atoms. The average molecular weight is 275 g/mol. The van der Waals surface area contributed by atoms with Gasteiger partial charge in [-0.15, -0.1) is 0 Å². The first-order valence-electron chi connectivity index (χ1n) is 7.77. The van der Waals surface area contributed by atoms with Crippen LogP contribution in [-0.4, -0.2) is 37.2 Å². The highest BCUT2D eigenvalue weighted by atomic mass is 16.5. The van der Waals surface area contributed by atoms with Crippen molar-refractivity contribution in [2.75, 3.05) is 20.2 Å². The van der Waals surface area contributed by atoms with Gasteiger partial charge in [-0.25, -0.2) is 0 Å². The van der Waals surface area contributed by atoms with E-state index in [9.17, 15) is 0 Å². The molecule has 3 heteroatoms. The number of rotatable bonds is 4. The zero-order chi connectivity index (χ0) is 14.1. The zero-order valence-corrected chi connectivity index (χ0v) is 12.8. The fourth-order valence-corrected chi connectivity index (χ4v) is 3.47. The van der Waals surface area contributed by atoms with Crippen molar-refractivity contribution in [2.24, 2.45) is 0 Å². The third kappa shape index (κ3) is 2.64. The SMILES string of the molecule is CC(C)Oc1cccc2c1[C@H](C[C@H]1CCCN1C)CO2. The van der Waals surface area contributed by atoms with Crippen LogP contribution in [0.25, 0.3) is 0 Å². The Bertz CT molecular complexity index is 472. The van der Waals surface area contributed by atoms with E-state index in [1.165, 1.54) is 31.4 Å². The van der Waals surface area contributed by atoms with Gasteiger partial charge in [0.05, 0.1) is 12.7 Å². The molecular formula is C17H25NO2. The van der Waals surface area contributed by atoms with Crippen molar-refractivity contribution in [3.05, 3.63) is 23.8 Å². The first-order chi connectivity index (χ1) is 9.65. The summed E-state index contributed by atoms with van der Waals surface area (Å²) in [5.74, 6) is 2.51. The van der Waals surface area contributed by atoms with Crippen molar-refractivity contribution in [3.63, 3.8) is 0 Å². The lowest BCUT2D eigenvalue weighted by Crippen LogP contribution is -2.27. The smallest absolute Gasteiger partial charge is 0.126 e. The Morgan fingerprint density at radius 3 is 2.95 bits per heavy atom. The molecule has 2 aliphatic heterocycles. The maximum absolute atomic E-state index is 5.99. The van der Waals surface area contributed by atoms with Crippen molar-refractivity contribution in [1.29, 1.82) is 0 Å². The van der Waals surface area contributed by atoms with E-state index >= 15 is 0 Å². The minimum absolute atomic E-state index is 0.205. The van der Waals surface area contributed by atoms with Gasteiger partial charge >= 0.3 is 0 Å². The molecule has 2 aliphatic rings. The van der Waals surface area contributed by atoms with Gasteiger partial charge in [-0.2, -0.15) is 0 Å². The van der Waals surface area contributed by atoms with Gasteiger partial charge in [0.2, 0.25) is 0 Å². The summed E-state index contributed by atoms with van der Waals surface area (Å²) < 4.78 is 11.9. The van der Waals surface area contributed by atoms with Crippen molar-refractivity contribution < 1.29 is 9.47 Å². The molecule has 0 amide bonds. The lowest BCUT2D eigenvalue weighted by Gasteiger charge is -2.23. The van der Waals surface area contributed by atoms with E-state index in [2.05, 4.69) is 37.9 Å². The number of ether oxygens (including phenoxy) is 2. The Morgan fingerprint density at radius 1 is 1.40 bits per heavy atom. The van der Waals surface area contributed by atoms with E-state index in [0.717, 1.165) is 18.1 Å². The van der Waals surface area contributed by atoms with Crippen LogP contribution < -0.4 is 9.47 Å². The van der Waals surface area contributed by atoms with Gasteiger partial charge in [0, 0.05) is 17.5 Å². The minimum Gasteiger partial charge on any atom is -0.493 e. The summed E-state index contributed by atoms with van der Waals surface area (Å²) >= 11 is 0. The second kappa shape index (κ2) is 5.65. The van der Waals surface area contributed by atoms with E-state index in [-0.39, 0.29) is 6.10 Å². The quantitative estimate of drug-likeness (QED) is 0.840. The summed E-state index contributed by atoms with van der Waals surface area (Å²) in [4.78, 5) is 2.49. The molecule has 0 saturated carbocycles. The Morgan fingerprint density at radius 2 is 2.25 bits per heavy atom. The molecule has 0 radical (unpaired) electrons. The summed E-state index contributed by atoms with van der Waals surface area (Å²) in [6.45, 7) is 6.19. The van der Waals surface area contributed by atoms with E-state index < -0.39 is 0 Å². The number of fused-ring (bicyclic) bond motifs is 1. The van der Waals surface area contributed by atoms with Crippen LogP contribution in [0.2, 0.25) is 0 Å². The van der Waals surface area contributed by atoms with E-state index in [0.29, 0.717) is 12.0 Å². The van der Waals surface area contributed by atoms with Crippen LogP contribution in [0.5, 0.6) is 11.5 Å². The van der Waals surface area contributed by atoms with Crippen LogP contribution in [0.3, 0.4) is 0 Å². The molecule has 2 heterocycles. The number of benzene rings is 1. The second-order valence-electron chi connectivity index (χ2n) is 6.35. The lowest BCUT2D eigenvalue weighted by molar-refractivity contribution is 0.234. The highest BCUT2D eigenvalue weighted by molar-refractivity contribution is 5.49. The summed E-state index contributed by atoms with van der Waals surface area (Å²) in [5.41, 5.74) is 1.29.